The highest BCUT2D eigenvalue weighted by Crippen LogP contribution is 2.48. The molecular formula is C20H21ClN2O2. The normalized spacial score (nSPS) is 14.9. The van der Waals surface area contributed by atoms with E-state index in [1.807, 2.05) is 24.3 Å². The molecule has 2 N–H and O–H groups in total. The maximum absolute atomic E-state index is 12.8. The van der Waals surface area contributed by atoms with Crippen molar-refractivity contribution in [1.29, 1.82) is 0 Å². The zero-order valence-corrected chi connectivity index (χ0v) is 15.1. The zero-order chi connectivity index (χ0) is 18.0. The number of halogens is 1. The van der Waals surface area contributed by atoms with Crippen LogP contribution in [0.5, 0.6) is 0 Å². The van der Waals surface area contributed by atoms with E-state index in [2.05, 4.69) is 24.5 Å². The van der Waals surface area contributed by atoms with Gasteiger partial charge in [0, 0.05) is 5.69 Å². The van der Waals surface area contributed by atoms with E-state index in [0.29, 0.717) is 23.6 Å². The molecule has 3 rings (SSSR count). The van der Waals surface area contributed by atoms with Crippen LogP contribution in [-0.2, 0) is 9.59 Å². The number of nitrogens with one attached hydrogen (secondary N) is 2. The molecule has 0 atom stereocenters. The van der Waals surface area contributed by atoms with E-state index < -0.39 is 5.41 Å². The van der Waals surface area contributed by atoms with Crippen molar-refractivity contribution >= 4 is 34.8 Å². The van der Waals surface area contributed by atoms with Gasteiger partial charge in [-0.3, -0.25) is 9.59 Å². The van der Waals surface area contributed by atoms with Gasteiger partial charge < -0.3 is 10.6 Å². The van der Waals surface area contributed by atoms with Crippen LogP contribution in [0.4, 0.5) is 11.4 Å². The number of para-hydroxylation sites is 2. The third kappa shape index (κ3) is 3.54. The van der Waals surface area contributed by atoms with Crippen molar-refractivity contribution < 1.29 is 9.59 Å². The molecule has 2 amide bonds. The Morgan fingerprint density at radius 1 is 0.920 bits per heavy atom. The van der Waals surface area contributed by atoms with Gasteiger partial charge in [0.2, 0.25) is 11.8 Å². The van der Waals surface area contributed by atoms with E-state index in [1.54, 1.807) is 24.3 Å². The average molecular weight is 357 g/mol. The first-order valence-electron chi connectivity index (χ1n) is 8.40. The van der Waals surface area contributed by atoms with Gasteiger partial charge in [0.1, 0.15) is 5.41 Å². The van der Waals surface area contributed by atoms with E-state index >= 15 is 0 Å². The Bertz CT molecular complexity index is 813. The van der Waals surface area contributed by atoms with Gasteiger partial charge in [-0.25, -0.2) is 0 Å². The van der Waals surface area contributed by atoms with Gasteiger partial charge in [-0.15, -0.1) is 0 Å². The molecule has 1 fully saturated rings. The predicted molar refractivity (Wildman–Crippen MR) is 101 cm³/mol. The van der Waals surface area contributed by atoms with E-state index in [-0.39, 0.29) is 17.7 Å². The van der Waals surface area contributed by atoms with Crippen molar-refractivity contribution in [1.82, 2.24) is 0 Å². The Kier molecular flexibility index (Phi) is 4.82. The molecule has 1 aliphatic carbocycles. The molecule has 5 heteroatoms. The molecule has 2 aromatic carbocycles. The molecule has 0 bridgehead atoms. The summed E-state index contributed by atoms with van der Waals surface area (Å²) in [5, 5.41) is 6.18. The molecule has 0 radical (unpaired) electrons. The Hall–Kier alpha value is -2.33. The number of hydrogen-bond acceptors (Lipinski definition) is 2. The predicted octanol–water partition coefficient (Wildman–Crippen LogP) is 4.82. The van der Waals surface area contributed by atoms with Gasteiger partial charge >= 0.3 is 0 Å². The summed E-state index contributed by atoms with van der Waals surface area (Å²) < 4.78 is 0. The Morgan fingerprint density at radius 2 is 1.44 bits per heavy atom. The summed E-state index contributed by atoms with van der Waals surface area (Å²) in [4.78, 5) is 25.5. The van der Waals surface area contributed by atoms with E-state index in [0.717, 1.165) is 11.3 Å². The molecule has 0 unspecified atom stereocenters. The lowest BCUT2D eigenvalue weighted by atomic mass is 9.99. The van der Waals surface area contributed by atoms with Crippen LogP contribution in [0, 0.1) is 5.41 Å². The summed E-state index contributed by atoms with van der Waals surface area (Å²) >= 11 is 6.09. The summed E-state index contributed by atoms with van der Waals surface area (Å²) in [7, 11) is 0. The first kappa shape index (κ1) is 17.5. The maximum Gasteiger partial charge on any atom is 0.240 e. The minimum atomic E-state index is -1.01. The van der Waals surface area contributed by atoms with Gasteiger partial charge in [0.25, 0.3) is 0 Å². The Balaban J connectivity index is 1.76. The van der Waals surface area contributed by atoms with Crippen LogP contribution in [0.2, 0.25) is 5.02 Å². The molecule has 2 aromatic rings. The summed E-state index contributed by atoms with van der Waals surface area (Å²) in [6, 6.07) is 14.7. The highest BCUT2D eigenvalue weighted by molar-refractivity contribution is 6.34. The van der Waals surface area contributed by atoms with Crippen LogP contribution in [-0.4, -0.2) is 11.8 Å². The molecule has 130 valence electrons. The largest absolute Gasteiger partial charge is 0.325 e. The maximum atomic E-state index is 12.8. The van der Waals surface area contributed by atoms with Crippen LogP contribution in [0.1, 0.15) is 38.2 Å². The number of anilines is 2. The standard InChI is InChI=1S/C20H21ClN2O2/c1-13(2)14-7-3-5-9-16(14)22-18(24)20(11-12-20)19(25)23-17-10-6-4-8-15(17)21/h3-10,13H,11-12H2,1-2H3,(H,22,24)(H,23,25). The average Bonchev–Trinajstić information content (AvgIpc) is 3.39. The second kappa shape index (κ2) is 6.89. The summed E-state index contributed by atoms with van der Waals surface area (Å²) in [5.41, 5.74) is 1.33. The Labute approximate surface area is 152 Å². The number of carbonyl (C=O) groups is 2. The third-order valence-corrected chi connectivity index (χ3v) is 4.90. The molecule has 25 heavy (non-hydrogen) atoms. The van der Waals surface area contributed by atoms with Crippen LogP contribution in [0.15, 0.2) is 48.5 Å². The second-order valence-electron chi connectivity index (χ2n) is 6.71. The lowest BCUT2D eigenvalue weighted by Gasteiger charge is -2.18. The van der Waals surface area contributed by atoms with Gasteiger partial charge in [0.05, 0.1) is 10.7 Å². The lowest BCUT2D eigenvalue weighted by Crippen LogP contribution is -2.36. The molecule has 1 aliphatic rings. The fourth-order valence-corrected chi connectivity index (χ4v) is 3.03. The molecular weight excluding hydrogens is 336 g/mol. The number of amides is 2. The lowest BCUT2D eigenvalue weighted by molar-refractivity contribution is -0.131. The van der Waals surface area contributed by atoms with Crippen LogP contribution < -0.4 is 10.6 Å². The van der Waals surface area contributed by atoms with E-state index in [4.69, 9.17) is 11.6 Å². The zero-order valence-electron chi connectivity index (χ0n) is 14.3. The fraction of sp³-hybridized carbons (Fsp3) is 0.300. The first-order chi connectivity index (χ1) is 11.9. The van der Waals surface area contributed by atoms with Gasteiger partial charge in [0.15, 0.2) is 0 Å². The highest BCUT2D eigenvalue weighted by atomic mass is 35.5. The van der Waals surface area contributed by atoms with Crippen molar-refractivity contribution in [2.45, 2.75) is 32.6 Å². The van der Waals surface area contributed by atoms with Crippen LogP contribution in [0.3, 0.4) is 0 Å². The van der Waals surface area contributed by atoms with Gasteiger partial charge in [-0.2, -0.15) is 0 Å². The molecule has 0 heterocycles. The van der Waals surface area contributed by atoms with Crippen LogP contribution in [0.25, 0.3) is 0 Å². The SMILES string of the molecule is CC(C)c1ccccc1NC(=O)C1(C(=O)Nc2ccccc2Cl)CC1. The topological polar surface area (TPSA) is 58.2 Å². The molecule has 4 nitrogen and oxygen atoms in total. The molecule has 0 saturated heterocycles. The fourth-order valence-electron chi connectivity index (χ4n) is 2.84. The second-order valence-corrected chi connectivity index (χ2v) is 7.12. The molecule has 0 aliphatic heterocycles. The van der Waals surface area contributed by atoms with Crippen molar-refractivity contribution in [2.75, 3.05) is 10.6 Å². The summed E-state index contributed by atoms with van der Waals surface area (Å²) in [5.74, 6) is -0.283. The van der Waals surface area contributed by atoms with Crippen molar-refractivity contribution in [3.63, 3.8) is 0 Å². The first-order valence-corrected chi connectivity index (χ1v) is 8.78. The molecule has 1 saturated carbocycles. The highest BCUT2D eigenvalue weighted by Gasteiger charge is 2.56. The summed E-state index contributed by atoms with van der Waals surface area (Å²) in [6.07, 6.45) is 1.08. The molecule has 0 aromatic heterocycles. The quantitative estimate of drug-likeness (QED) is 0.754. The van der Waals surface area contributed by atoms with Gasteiger partial charge in [-0.05, 0) is 42.5 Å². The van der Waals surface area contributed by atoms with Gasteiger partial charge in [-0.1, -0.05) is 55.8 Å². The van der Waals surface area contributed by atoms with E-state index in [1.165, 1.54) is 0 Å². The summed E-state index contributed by atoms with van der Waals surface area (Å²) in [6.45, 7) is 4.14. The number of carbonyl (C=O) groups excluding carboxylic acids is 2. The van der Waals surface area contributed by atoms with Crippen molar-refractivity contribution in [2.24, 2.45) is 5.41 Å². The number of rotatable bonds is 5. The van der Waals surface area contributed by atoms with Crippen molar-refractivity contribution in [3.8, 4) is 0 Å². The number of benzene rings is 2. The van der Waals surface area contributed by atoms with E-state index in [9.17, 15) is 9.59 Å². The molecule has 0 spiro atoms. The van der Waals surface area contributed by atoms with Crippen molar-refractivity contribution in [3.05, 3.63) is 59.1 Å². The Morgan fingerprint density at radius 3 is 2.00 bits per heavy atom. The minimum Gasteiger partial charge on any atom is -0.325 e. The monoisotopic (exact) mass is 356 g/mol. The third-order valence-electron chi connectivity index (χ3n) is 4.57. The smallest absolute Gasteiger partial charge is 0.240 e. The minimum absolute atomic E-state index is 0.259. The number of hydrogen-bond donors (Lipinski definition) is 2. The van der Waals surface area contributed by atoms with Crippen LogP contribution >= 0.6 is 11.6 Å².